The molecular formula is C11H13ClN2O. The van der Waals surface area contributed by atoms with Crippen molar-refractivity contribution in [2.45, 2.75) is 6.42 Å². The SMILES string of the molecule is C=C(Cl)CNC(=O)Cc1ccccc1N. The van der Waals surface area contributed by atoms with E-state index in [0.29, 0.717) is 10.7 Å². The molecule has 15 heavy (non-hydrogen) atoms. The largest absolute Gasteiger partial charge is 0.398 e. The van der Waals surface area contributed by atoms with Gasteiger partial charge in [0.1, 0.15) is 0 Å². The van der Waals surface area contributed by atoms with Crippen LogP contribution in [0.25, 0.3) is 0 Å². The van der Waals surface area contributed by atoms with Crippen molar-refractivity contribution in [3.63, 3.8) is 0 Å². The number of rotatable bonds is 4. The minimum Gasteiger partial charge on any atom is -0.398 e. The first kappa shape index (κ1) is 11.6. The summed E-state index contributed by atoms with van der Waals surface area (Å²) in [7, 11) is 0. The van der Waals surface area contributed by atoms with Crippen molar-refractivity contribution < 1.29 is 4.79 Å². The van der Waals surface area contributed by atoms with E-state index in [1.54, 1.807) is 6.07 Å². The maximum atomic E-state index is 11.4. The highest BCUT2D eigenvalue weighted by molar-refractivity contribution is 6.29. The fourth-order valence-corrected chi connectivity index (χ4v) is 1.19. The summed E-state index contributed by atoms with van der Waals surface area (Å²) in [4.78, 5) is 11.4. The summed E-state index contributed by atoms with van der Waals surface area (Å²) in [5.74, 6) is -0.116. The molecule has 0 heterocycles. The third-order valence-electron chi connectivity index (χ3n) is 1.88. The number of carbonyl (C=O) groups excluding carboxylic acids is 1. The first-order chi connectivity index (χ1) is 7.09. The Hall–Kier alpha value is -1.48. The molecule has 4 heteroatoms. The number of benzene rings is 1. The zero-order valence-corrected chi connectivity index (χ0v) is 9.05. The van der Waals surface area contributed by atoms with Crippen LogP contribution < -0.4 is 11.1 Å². The molecule has 0 fully saturated rings. The van der Waals surface area contributed by atoms with Crippen LogP contribution in [0.4, 0.5) is 5.69 Å². The molecular weight excluding hydrogens is 212 g/mol. The van der Waals surface area contributed by atoms with Gasteiger partial charge >= 0.3 is 0 Å². The first-order valence-corrected chi connectivity index (χ1v) is 4.90. The van der Waals surface area contributed by atoms with Gasteiger partial charge in [-0.25, -0.2) is 0 Å². The van der Waals surface area contributed by atoms with E-state index < -0.39 is 0 Å². The van der Waals surface area contributed by atoms with E-state index in [1.807, 2.05) is 18.2 Å². The van der Waals surface area contributed by atoms with Crippen molar-refractivity contribution in [2.75, 3.05) is 12.3 Å². The molecule has 1 aromatic rings. The van der Waals surface area contributed by atoms with Crippen LogP contribution >= 0.6 is 11.6 Å². The van der Waals surface area contributed by atoms with Gasteiger partial charge in [-0.1, -0.05) is 36.4 Å². The van der Waals surface area contributed by atoms with E-state index in [4.69, 9.17) is 17.3 Å². The summed E-state index contributed by atoms with van der Waals surface area (Å²) >= 11 is 5.52. The third-order valence-corrected chi connectivity index (χ3v) is 2.02. The van der Waals surface area contributed by atoms with Crippen LogP contribution in [-0.4, -0.2) is 12.5 Å². The highest BCUT2D eigenvalue weighted by atomic mass is 35.5. The van der Waals surface area contributed by atoms with E-state index in [2.05, 4.69) is 11.9 Å². The van der Waals surface area contributed by atoms with Gasteiger partial charge in [0.2, 0.25) is 5.91 Å². The average molecular weight is 225 g/mol. The summed E-state index contributed by atoms with van der Waals surface area (Å²) in [6.07, 6.45) is 0.261. The molecule has 3 nitrogen and oxygen atoms in total. The number of nitrogen functional groups attached to an aromatic ring is 1. The smallest absolute Gasteiger partial charge is 0.224 e. The Labute approximate surface area is 93.9 Å². The van der Waals surface area contributed by atoms with Crippen LogP contribution in [0.5, 0.6) is 0 Å². The molecule has 0 radical (unpaired) electrons. The Balaban J connectivity index is 2.52. The molecule has 1 aromatic carbocycles. The minimum absolute atomic E-state index is 0.116. The number of hydrogen-bond donors (Lipinski definition) is 2. The molecule has 0 spiro atoms. The lowest BCUT2D eigenvalue weighted by atomic mass is 10.1. The summed E-state index contributed by atoms with van der Waals surface area (Å²) in [6.45, 7) is 3.76. The number of halogens is 1. The molecule has 0 saturated carbocycles. The number of amides is 1. The fraction of sp³-hybridized carbons (Fsp3) is 0.182. The van der Waals surface area contributed by atoms with Crippen LogP contribution in [0, 0.1) is 0 Å². The molecule has 0 aromatic heterocycles. The second kappa shape index (κ2) is 5.41. The number of carbonyl (C=O) groups is 1. The topological polar surface area (TPSA) is 55.1 Å². The maximum Gasteiger partial charge on any atom is 0.224 e. The Morgan fingerprint density at radius 3 is 2.73 bits per heavy atom. The molecule has 0 aliphatic heterocycles. The van der Waals surface area contributed by atoms with Crippen molar-refractivity contribution in [2.24, 2.45) is 0 Å². The van der Waals surface area contributed by atoms with Crippen LogP contribution in [0.2, 0.25) is 0 Å². The molecule has 0 bridgehead atoms. The van der Waals surface area contributed by atoms with E-state index in [9.17, 15) is 4.79 Å². The van der Waals surface area contributed by atoms with Gasteiger partial charge in [0.05, 0.1) is 13.0 Å². The molecule has 0 atom stereocenters. The van der Waals surface area contributed by atoms with Crippen molar-refractivity contribution in [3.05, 3.63) is 41.4 Å². The lowest BCUT2D eigenvalue weighted by Gasteiger charge is -2.06. The van der Waals surface area contributed by atoms with Crippen molar-refractivity contribution in [1.29, 1.82) is 0 Å². The normalized spacial score (nSPS) is 9.67. The Kier molecular flexibility index (Phi) is 4.18. The van der Waals surface area contributed by atoms with Gasteiger partial charge in [0.15, 0.2) is 0 Å². The summed E-state index contributed by atoms with van der Waals surface area (Å²) in [5.41, 5.74) is 7.14. The van der Waals surface area contributed by atoms with E-state index in [1.165, 1.54) is 0 Å². The summed E-state index contributed by atoms with van der Waals surface area (Å²) in [6, 6.07) is 7.27. The van der Waals surface area contributed by atoms with Gasteiger partial charge in [0.25, 0.3) is 0 Å². The predicted molar refractivity (Wildman–Crippen MR) is 62.6 cm³/mol. The molecule has 0 saturated heterocycles. The zero-order chi connectivity index (χ0) is 11.3. The van der Waals surface area contributed by atoms with Crippen LogP contribution in [-0.2, 0) is 11.2 Å². The maximum absolute atomic E-state index is 11.4. The van der Waals surface area contributed by atoms with Crippen molar-refractivity contribution >= 4 is 23.2 Å². The second-order valence-electron chi connectivity index (χ2n) is 3.17. The van der Waals surface area contributed by atoms with Gasteiger partial charge < -0.3 is 11.1 Å². The van der Waals surface area contributed by atoms with Gasteiger partial charge in [0, 0.05) is 10.7 Å². The molecule has 3 N–H and O–H groups in total. The van der Waals surface area contributed by atoms with Crippen LogP contribution in [0.3, 0.4) is 0 Å². The minimum atomic E-state index is -0.116. The quantitative estimate of drug-likeness (QED) is 0.765. The van der Waals surface area contributed by atoms with Gasteiger partial charge in [-0.2, -0.15) is 0 Å². The lowest BCUT2D eigenvalue weighted by molar-refractivity contribution is -0.120. The first-order valence-electron chi connectivity index (χ1n) is 4.53. The monoisotopic (exact) mass is 224 g/mol. The number of anilines is 1. The molecule has 0 aliphatic rings. The van der Waals surface area contributed by atoms with Gasteiger partial charge in [-0.3, -0.25) is 4.79 Å². The molecule has 0 aliphatic carbocycles. The Morgan fingerprint density at radius 1 is 1.47 bits per heavy atom. The Bertz CT molecular complexity index is 377. The van der Waals surface area contributed by atoms with Crippen molar-refractivity contribution in [3.8, 4) is 0 Å². The summed E-state index contributed by atoms with van der Waals surface area (Å²) < 4.78 is 0. The highest BCUT2D eigenvalue weighted by Gasteiger charge is 2.05. The standard InChI is InChI=1S/C11H13ClN2O/c1-8(12)7-14-11(15)6-9-4-2-3-5-10(9)13/h2-5H,1,6-7,13H2,(H,14,15). The molecule has 1 rings (SSSR count). The van der Waals surface area contributed by atoms with Crippen LogP contribution in [0.1, 0.15) is 5.56 Å². The zero-order valence-electron chi connectivity index (χ0n) is 8.29. The number of hydrogen-bond acceptors (Lipinski definition) is 2. The Morgan fingerprint density at radius 2 is 2.13 bits per heavy atom. The van der Waals surface area contributed by atoms with E-state index in [0.717, 1.165) is 5.56 Å². The molecule has 80 valence electrons. The predicted octanol–water partition coefficient (Wildman–Crippen LogP) is 1.68. The number of nitrogens with two attached hydrogens (primary N) is 1. The fourth-order valence-electron chi connectivity index (χ4n) is 1.13. The van der Waals surface area contributed by atoms with Crippen molar-refractivity contribution in [1.82, 2.24) is 5.32 Å². The van der Waals surface area contributed by atoms with Gasteiger partial charge in [-0.05, 0) is 11.6 Å². The van der Waals surface area contributed by atoms with Crippen LogP contribution in [0.15, 0.2) is 35.9 Å². The van der Waals surface area contributed by atoms with Gasteiger partial charge in [-0.15, -0.1) is 0 Å². The highest BCUT2D eigenvalue weighted by Crippen LogP contribution is 2.10. The second-order valence-corrected chi connectivity index (χ2v) is 3.70. The molecule has 1 amide bonds. The number of para-hydroxylation sites is 1. The van der Waals surface area contributed by atoms with E-state index >= 15 is 0 Å². The molecule has 0 unspecified atom stereocenters. The lowest BCUT2D eigenvalue weighted by Crippen LogP contribution is -2.26. The summed E-state index contributed by atoms with van der Waals surface area (Å²) in [5, 5.41) is 3.04. The third kappa shape index (κ3) is 4.04. The van der Waals surface area contributed by atoms with E-state index in [-0.39, 0.29) is 18.9 Å². The number of nitrogens with one attached hydrogen (secondary N) is 1. The average Bonchev–Trinajstić information content (AvgIpc) is 2.18.